The summed E-state index contributed by atoms with van der Waals surface area (Å²) in [6.45, 7) is 5.42. The number of hydrogen-bond donors (Lipinski definition) is 2. The van der Waals surface area contributed by atoms with Crippen molar-refractivity contribution in [1.82, 2.24) is 5.32 Å². The van der Waals surface area contributed by atoms with E-state index in [1.165, 1.54) is 0 Å². The van der Waals surface area contributed by atoms with Crippen LogP contribution in [0.4, 0.5) is 0 Å². The van der Waals surface area contributed by atoms with Crippen LogP contribution in [0.1, 0.15) is 25.0 Å². The number of carbonyl (C=O) groups excluding carboxylic acids is 1. The lowest BCUT2D eigenvalue weighted by atomic mass is 10.0. The number of aliphatic carboxylic acids is 1. The summed E-state index contributed by atoms with van der Waals surface area (Å²) in [5.41, 5.74) is 1.98. The minimum absolute atomic E-state index is 0.218. The van der Waals surface area contributed by atoms with Gasteiger partial charge in [0, 0.05) is 12.3 Å². The maximum Gasteiger partial charge on any atom is 0.326 e. The van der Waals surface area contributed by atoms with E-state index in [4.69, 9.17) is 5.11 Å². The van der Waals surface area contributed by atoms with Crippen molar-refractivity contribution in [3.63, 3.8) is 0 Å². The van der Waals surface area contributed by atoms with Crippen LogP contribution in [0.3, 0.4) is 0 Å². The zero-order valence-electron chi connectivity index (χ0n) is 10.9. The van der Waals surface area contributed by atoms with Gasteiger partial charge in [-0.1, -0.05) is 43.7 Å². The number of aryl methyl sites for hydroxylation is 1. The van der Waals surface area contributed by atoms with E-state index in [1.807, 2.05) is 31.2 Å². The average molecular weight is 249 g/mol. The van der Waals surface area contributed by atoms with Gasteiger partial charge in [0.1, 0.15) is 6.04 Å². The van der Waals surface area contributed by atoms with Crippen molar-refractivity contribution in [2.24, 2.45) is 5.92 Å². The van der Waals surface area contributed by atoms with Crippen molar-refractivity contribution in [2.75, 3.05) is 0 Å². The Bertz CT molecular complexity index is 440. The normalized spacial score (nSPS) is 12.2. The van der Waals surface area contributed by atoms with E-state index in [0.717, 1.165) is 11.1 Å². The van der Waals surface area contributed by atoms with Gasteiger partial charge in [0.05, 0.1) is 0 Å². The van der Waals surface area contributed by atoms with Gasteiger partial charge in [-0.05, 0) is 12.5 Å². The molecule has 0 aliphatic carbocycles. The fourth-order valence-corrected chi connectivity index (χ4v) is 1.61. The average Bonchev–Trinajstić information content (AvgIpc) is 2.27. The highest BCUT2D eigenvalue weighted by Crippen LogP contribution is 2.08. The third kappa shape index (κ3) is 4.20. The predicted molar refractivity (Wildman–Crippen MR) is 69.3 cm³/mol. The Balaban J connectivity index is 2.75. The van der Waals surface area contributed by atoms with Crippen LogP contribution in [0.5, 0.6) is 0 Å². The summed E-state index contributed by atoms with van der Waals surface area (Å²) in [6, 6.07) is 6.75. The fourth-order valence-electron chi connectivity index (χ4n) is 1.61. The molecule has 1 unspecified atom stereocenters. The molecule has 0 radical (unpaired) electrons. The summed E-state index contributed by atoms with van der Waals surface area (Å²) in [5.74, 6) is -1.47. The zero-order valence-corrected chi connectivity index (χ0v) is 10.9. The number of amides is 1. The summed E-state index contributed by atoms with van der Waals surface area (Å²) in [6.07, 6.45) is 0.301. The van der Waals surface area contributed by atoms with Crippen LogP contribution in [0.15, 0.2) is 24.3 Å². The van der Waals surface area contributed by atoms with Gasteiger partial charge < -0.3 is 10.4 Å². The first-order valence-corrected chi connectivity index (χ1v) is 5.99. The summed E-state index contributed by atoms with van der Waals surface area (Å²) < 4.78 is 0. The number of carboxylic acids is 1. The van der Waals surface area contributed by atoms with Crippen LogP contribution < -0.4 is 5.32 Å². The van der Waals surface area contributed by atoms with Crippen LogP contribution in [0.2, 0.25) is 0 Å². The summed E-state index contributed by atoms with van der Waals surface area (Å²) in [4.78, 5) is 22.7. The van der Waals surface area contributed by atoms with E-state index in [1.54, 1.807) is 13.8 Å². The van der Waals surface area contributed by atoms with Gasteiger partial charge in [-0.25, -0.2) is 4.79 Å². The van der Waals surface area contributed by atoms with Gasteiger partial charge >= 0.3 is 5.97 Å². The molecule has 18 heavy (non-hydrogen) atoms. The maximum absolute atomic E-state index is 11.5. The summed E-state index contributed by atoms with van der Waals surface area (Å²) >= 11 is 0. The highest BCUT2D eigenvalue weighted by atomic mass is 16.4. The van der Waals surface area contributed by atoms with E-state index in [9.17, 15) is 9.59 Å². The van der Waals surface area contributed by atoms with E-state index in [2.05, 4.69) is 5.32 Å². The predicted octanol–water partition coefficient (Wildman–Crippen LogP) is 1.76. The second-order valence-corrected chi connectivity index (χ2v) is 4.75. The standard InChI is InChI=1S/C14H19NO3/c1-9(2)13(16)15-12(14(17)18)8-11-6-4-5-10(3)7-11/h4-7,9,12H,8H2,1-3H3,(H,15,16)(H,17,18). The molecule has 1 aromatic carbocycles. The number of hydrogen-bond acceptors (Lipinski definition) is 2. The van der Waals surface area contributed by atoms with E-state index in [-0.39, 0.29) is 11.8 Å². The molecular formula is C14H19NO3. The summed E-state index contributed by atoms with van der Waals surface area (Å²) in [7, 11) is 0. The van der Waals surface area contributed by atoms with Gasteiger partial charge in [-0.15, -0.1) is 0 Å². The number of nitrogens with one attached hydrogen (secondary N) is 1. The molecule has 1 rings (SSSR count). The molecule has 0 fully saturated rings. The molecule has 1 amide bonds. The molecule has 0 spiro atoms. The van der Waals surface area contributed by atoms with E-state index >= 15 is 0 Å². The lowest BCUT2D eigenvalue weighted by molar-refractivity contribution is -0.142. The van der Waals surface area contributed by atoms with Crippen molar-refractivity contribution in [1.29, 1.82) is 0 Å². The second-order valence-electron chi connectivity index (χ2n) is 4.75. The van der Waals surface area contributed by atoms with Gasteiger partial charge in [-0.3, -0.25) is 4.79 Å². The first-order valence-electron chi connectivity index (χ1n) is 5.99. The quantitative estimate of drug-likeness (QED) is 0.835. The van der Waals surface area contributed by atoms with Crippen LogP contribution >= 0.6 is 0 Å². The van der Waals surface area contributed by atoms with E-state index in [0.29, 0.717) is 6.42 Å². The Morgan fingerprint density at radius 1 is 1.33 bits per heavy atom. The topological polar surface area (TPSA) is 66.4 Å². The third-order valence-corrected chi connectivity index (χ3v) is 2.66. The second kappa shape index (κ2) is 6.19. The Hall–Kier alpha value is -1.84. The van der Waals surface area contributed by atoms with Gasteiger partial charge in [-0.2, -0.15) is 0 Å². The molecule has 0 saturated carbocycles. The molecule has 98 valence electrons. The smallest absolute Gasteiger partial charge is 0.326 e. The first-order chi connectivity index (χ1) is 8.40. The molecule has 0 heterocycles. The highest BCUT2D eigenvalue weighted by molar-refractivity contribution is 5.84. The SMILES string of the molecule is Cc1cccc(CC(NC(=O)C(C)C)C(=O)O)c1. The van der Waals surface area contributed by atoms with Gasteiger partial charge in [0.25, 0.3) is 0 Å². The molecular weight excluding hydrogens is 230 g/mol. The monoisotopic (exact) mass is 249 g/mol. The molecule has 0 saturated heterocycles. The van der Waals surface area contributed by atoms with Gasteiger partial charge in [0.15, 0.2) is 0 Å². The molecule has 1 aromatic rings. The molecule has 0 bridgehead atoms. The lowest BCUT2D eigenvalue weighted by Crippen LogP contribution is -2.44. The van der Waals surface area contributed by atoms with Crippen molar-refractivity contribution < 1.29 is 14.7 Å². The minimum atomic E-state index is -1.01. The molecule has 0 aliphatic rings. The number of carboxylic acid groups (broad SMARTS) is 1. The van der Waals surface area contributed by atoms with Crippen LogP contribution in [-0.4, -0.2) is 23.0 Å². The van der Waals surface area contributed by atoms with Crippen molar-refractivity contribution in [3.05, 3.63) is 35.4 Å². The zero-order chi connectivity index (χ0) is 13.7. The van der Waals surface area contributed by atoms with Crippen molar-refractivity contribution in [3.8, 4) is 0 Å². The number of rotatable bonds is 5. The van der Waals surface area contributed by atoms with Crippen LogP contribution in [-0.2, 0) is 16.0 Å². The van der Waals surface area contributed by atoms with Crippen molar-refractivity contribution in [2.45, 2.75) is 33.2 Å². The summed E-state index contributed by atoms with van der Waals surface area (Å²) in [5, 5.41) is 11.7. The highest BCUT2D eigenvalue weighted by Gasteiger charge is 2.21. The molecule has 4 nitrogen and oxygen atoms in total. The third-order valence-electron chi connectivity index (χ3n) is 2.66. The Labute approximate surface area is 107 Å². The number of benzene rings is 1. The minimum Gasteiger partial charge on any atom is -0.480 e. The Morgan fingerprint density at radius 2 is 2.00 bits per heavy atom. The molecule has 4 heteroatoms. The Morgan fingerprint density at radius 3 is 2.50 bits per heavy atom. The molecule has 2 N–H and O–H groups in total. The largest absolute Gasteiger partial charge is 0.480 e. The Kier molecular flexibility index (Phi) is 4.89. The van der Waals surface area contributed by atoms with Crippen molar-refractivity contribution >= 4 is 11.9 Å². The lowest BCUT2D eigenvalue weighted by Gasteiger charge is -2.16. The first kappa shape index (κ1) is 14.2. The van der Waals surface area contributed by atoms with Crippen LogP contribution in [0, 0.1) is 12.8 Å². The molecule has 0 aromatic heterocycles. The van der Waals surface area contributed by atoms with E-state index < -0.39 is 12.0 Å². The number of carbonyl (C=O) groups is 2. The maximum atomic E-state index is 11.5. The van der Waals surface area contributed by atoms with Crippen LogP contribution in [0.25, 0.3) is 0 Å². The molecule has 1 atom stereocenters. The fraction of sp³-hybridized carbons (Fsp3) is 0.429. The molecule has 0 aliphatic heterocycles. The van der Waals surface area contributed by atoms with Gasteiger partial charge in [0.2, 0.25) is 5.91 Å².